The van der Waals surface area contributed by atoms with Crippen LogP contribution in [-0.2, 0) is 6.42 Å². The number of aryl methyl sites for hydroxylation is 1. The van der Waals surface area contributed by atoms with Gasteiger partial charge in [0.2, 0.25) is 0 Å². The Kier molecular flexibility index (Phi) is 7.04. The number of hydrogen-bond donors (Lipinski definition) is 2. The first-order chi connectivity index (χ1) is 11.6. The van der Waals surface area contributed by atoms with Crippen molar-refractivity contribution in [2.75, 3.05) is 0 Å². The van der Waals surface area contributed by atoms with Crippen LogP contribution in [0.2, 0.25) is 0 Å². The lowest BCUT2D eigenvalue weighted by Gasteiger charge is -2.04. The number of aromatic carboxylic acids is 1. The molecule has 0 amide bonds. The molecular formula is C20H26FNO2. The smallest absolute Gasteiger partial charge is 0.355 e. The molecule has 0 aliphatic rings. The van der Waals surface area contributed by atoms with Crippen molar-refractivity contribution in [1.29, 1.82) is 0 Å². The van der Waals surface area contributed by atoms with Crippen molar-refractivity contribution in [2.24, 2.45) is 0 Å². The minimum Gasteiger partial charge on any atom is -0.476 e. The molecule has 0 saturated carbocycles. The summed E-state index contributed by atoms with van der Waals surface area (Å²) < 4.78 is 14.0. The number of aromatic nitrogens is 1. The van der Waals surface area contributed by atoms with Gasteiger partial charge in [0.05, 0.1) is 0 Å². The second kappa shape index (κ2) is 9.26. The van der Waals surface area contributed by atoms with Crippen molar-refractivity contribution in [3.63, 3.8) is 0 Å². The molecule has 1 heterocycles. The number of H-pyrrole nitrogens is 1. The number of benzene rings is 1. The molecule has 0 aliphatic heterocycles. The third-order valence-electron chi connectivity index (χ3n) is 4.36. The number of unbranched alkanes of at least 4 members (excludes halogenated alkanes) is 6. The lowest BCUT2D eigenvalue weighted by molar-refractivity contribution is 0.0686. The molecule has 0 radical (unpaired) electrons. The van der Waals surface area contributed by atoms with Crippen LogP contribution in [-0.4, -0.2) is 16.1 Å². The normalized spacial score (nSPS) is 10.9. The standard InChI is InChI=1S/C20H26FNO2/c1-2-3-4-5-6-7-8-9-15-10-12-16(13-11-15)17-14-22-19(18(17)21)20(23)24/h10-14,22H,2-9H2,1H3,(H,23,24). The lowest BCUT2D eigenvalue weighted by Crippen LogP contribution is -1.99. The van der Waals surface area contributed by atoms with Gasteiger partial charge in [-0.2, -0.15) is 0 Å². The Morgan fingerprint density at radius 1 is 1.04 bits per heavy atom. The minimum atomic E-state index is -1.28. The summed E-state index contributed by atoms with van der Waals surface area (Å²) in [7, 11) is 0. The van der Waals surface area contributed by atoms with E-state index in [0.717, 1.165) is 6.42 Å². The molecule has 2 aromatic rings. The fourth-order valence-electron chi connectivity index (χ4n) is 2.91. The van der Waals surface area contributed by atoms with Crippen LogP contribution in [0.4, 0.5) is 4.39 Å². The van der Waals surface area contributed by atoms with E-state index in [1.165, 1.54) is 56.7 Å². The summed E-state index contributed by atoms with van der Waals surface area (Å²) in [5, 5.41) is 8.89. The van der Waals surface area contributed by atoms with E-state index in [-0.39, 0.29) is 0 Å². The van der Waals surface area contributed by atoms with E-state index in [1.807, 2.05) is 24.3 Å². The number of carbonyl (C=O) groups is 1. The maximum Gasteiger partial charge on any atom is 0.355 e. The molecule has 0 fully saturated rings. The van der Waals surface area contributed by atoms with Crippen molar-refractivity contribution < 1.29 is 14.3 Å². The fourth-order valence-corrected chi connectivity index (χ4v) is 2.91. The van der Waals surface area contributed by atoms with Gasteiger partial charge in [0.1, 0.15) is 0 Å². The van der Waals surface area contributed by atoms with Crippen molar-refractivity contribution in [1.82, 2.24) is 4.98 Å². The first-order valence-electron chi connectivity index (χ1n) is 8.83. The summed E-state index contributed by atoms with van der Waals surface area (Å²) in [6, 6.07) is 7.71. The third-order valence-corrected chi connectivity index (χ3v) is 4.36. The predicted molar refractivity (Wildman–Crippen MR) is 94.8 cm³/mol. The predicted octanol–water partition coefficient (Wildman–Crippen LogP) is 5.81. The summed E-state index contributed by atoms with van der Waals surface area (Å²) >= 11 is 0. The van der Waals surface area contributed by atoms with Gasteiger partial charge in [-0.15, -0.1) is 0 Å². The highest BCUT2D eigenvalue weighted by Gasteiger charge is 2.17. The van der Waals surface area contributed by atoms with Gasteiger partial charge in [0.15, 0.2) is 11.5 Å². The molecule has 1 aromatic heterocycles. The molecule has 0 aliphatic carbocycles. The zero-order chi connectivity index (χ0) is 17.4. The van der Waals surface area contributed by atoms with Crippen LogP contribution in [0.1, 0.15) is 67.9 Å². The Balaban J connectivity index is 1.84. The number of nitrogens with one attached hydrogen (secondary N) is 1. The summed E-state index contributed by atoms with van der Waals surface area (Å²) in [5.41, 5.74) is 1.84. The average Bonchev–Trinajstić information content (AvgIpc) is 2.96. The zero-order valence-corrected chi connectivity index (χ0v) is 14.3. The topological polar surface area (TPSA) is 53.1 Å². The van der Waals surface area contributed by atoms with Gasteiger partial charge in [0, 0.05) is 11.8 Å². The van der Waals surface area contributed by atoms with Gasteiger partial charge in [-0.25, -0.2) is 9.18 Å². The van der Waals surface area contributed by atoms with Crippen LogP contribution >= 0.6 is 0 Å². The van der Waals surface area contributed by atoms with E-state index in [1.54, 1.807) is 0 Å². The van der Waals surface area contributed by atoms with E-state index >= 15 is 0 Å². The Morgan fingerprint density at radius 2 is 1.67 bits per heavy atom. The second-order valence-electron chi connectivity index (χ2n) is 6.26. The van der Waals surface area contributed by atoms with Gasteiger partial charge in [-0.1, -0.05) is 69.7 Å². The molecule has 2 rings (SSSR count). The molecule has 0 saturated heterocycles. The van der Waals surface area contributed by atoms with Gasteiger partial charge < -0.3 is 10.1 Å². The first kappa shape index (κ1) is 18.2. The molecule has 1 aromatic carbocycles. The molecule has 2 N–H and O–H groups in total. The van der Waals surface area contributed by atoms with Crippen LogP contribution in [0.3, 0.4) is 0 Å². The van der Waals surface area contributed by atoms with Crippen LogP contribution in [0.15, 0.2) is 30.5 Å². The monoisotopic (exact) mass is 331 g/mol. The highest BCUT2D eigenvalue weighted by atomic mass is 19.1. The number of hydrogen-bond acceptors (Lipinski definition) is 1. The molecule has 4 heteroatoms. The van der Waals surface area contributed by atoms with Crippen LogP contribution in [0, 0.1) is 5.82 Å². The summed E-state index contributed by atoms with van der Waals surface area (Å²) in [4.78, 5) is 13.4. The molecule has 130 valence electrons. The van der Waals surface area contributed by atoms with Crippen LogP contribution in [0.5, 0.6) is 0 Å². The summed E-state index contributed by atoms with van der Waals surface area (Å²) in [5.74, 6) is -1.99. The van der Waals surface area contributed by atoms with E-state index in [4.69, 9.17) is 5.11 Å². The Bertz CT molecular complexity index is 646. The number of aromatic amines is 1. The maximum absolute atomic E-state index is 14.0. The van der Waals surface area contributed by atoms with Crippen LogP contribution in [0.25, 0.3) is 11.1 Å². The summed E-state index contributed by atoms with van der Waals surface area (Å²) in [6.07, 6.45) is 11.4. The largest absolute Gasteiger partial charge is 0.476 e. The van der Waals surface area contributed by atoms with Crippen molar-refractivity contribution in [3.05, 3.63) is 47.5 Å². The molecule has 24 heavy (non-hydrogen) atoms. The van der Waals surface area contributed by atoms with Crippen LogP contribution < -0.4 is 0 Å². The van der Waals surface area contributed by atoms with Gasteiger partial charge in [0.25, 0.3) is 0 Å². The number of carboxylic acids is 1. The van der Waals surface area contributed by atoms with Crippen molar-refractivity contribution >= 4 is 5.97 Å². The molecule has 3 nitrogen and oxygen atoms in total. The SMILES string of the molecule is CCCCCCCCCc1ccc(-c2c[nH]c(C(=O)O)c2F)cc1. The highest BCUT2D eigenvalue weighted by Crippen LogP contribution is 2.25. The Hall–Kier alpha value is -2.10. The quantitative estimate of drug-likeness (QED) is 0.540. The second-order valence-corrected chi connectivity index (χ2v) is 6.26. The maximum atomic E-state index is 14.0. The Morgan fingerprint density at radius 3 is 2.25 bits per heavy atom. The van der Waals surface area contributed by atoms with E-state index in [9.17, 15) is 9.18 Å². The molecule has 0 bridgehead atoms. The number of halogens is 1. The lowest BCUT2D eigenvalue weighted by atomic mass is 10.0. The first-order valence-corrected chi connectivity index (χ1v) is 8.83. The van der Waals surface area contributed by atoms with Gasteiger partial charge in [-0.3, -0.25) is 0 Å². The molecular weight excluding hydrogens is 305 g/mol. The van der Waals surface area contributed by atoms with Gasteiger partial charge in [-0.05, 0) is 24.0 Å². The van der Waals surface area contributed by atoms with Crippen molar-refractivity contribution in [3.8, 4) is 11.1 Å². The number of rotatable bonds is 10. The van der Waals surface area contributed by atoms with Crippen molar-refractivity contribution in [2.45, 2.75) is 58.3 Å². The fraction of sp³-hybridized carbons (Fsp3) is 0.450. The third kappa shape index (κ3) is 4.95. The van der Waals surface area contributed by atoms with E-state index in [0.29, 0.717) is 11.1 Å². The van der Waals surface area contributed by atoms with E-state index < -0.39 is 17.5 Å². The summed E-state index contributed by atoms with van der Waals surface area (Å²) in [6.45, 7) is 2.23. The minimum absolute atomic E-state index is 0.301. The molecule has 0 unspecified atom stereocenters. The van der Waals surface area contributed by atoms with Gasteiger partial charge >= 0.3 is 5.97 Å². The highest BCUT2D eigenvalue weighted by molar-refractivity contribution is 5.88. The molecule has 0 spiro atoms. The number of carboxylic acid groups (broad SMARTS) is 1. The Labute approximate surface area is 142 Å². The molecule has 0 atom stereocenters. The zero-order valence-electron chi connectivity index (χ0n) is 14.3. The average molecular weight is 331 g/mol. The van der Waals surface area contributed by atoms with E-state index in [2.05, 4.69) is 11.9 Å².